The molecular weight excluding hydrogens is 268 g/mol. The van der Waals surface area contributed by atoms with E-state index in [9.17, 15) is 0 Å². The van der Waals surface area contributed by atoms with Gasteiger partial charge in [-0.3, -0.25) is 0 Å². The molecule has 3 nitrogen and oxygen atoms in total. The van der Waals surface area contributed by atoms with Crippen LogP contribution < -0.4 is 4.74 Å². The maximum absolute atomic E-state index is 5.57. The molecule has 1 heterocycles. The number of H-pyrrole nitrogens is 1. The number of hydrogen-bond acceptors (Lipinski definition) is 3. The van der Waals surface area contributed by atoms with Crippen LogP contribution in [0.2, 0.25) is 0 Å². The first-order chi connectivity index (χ1) is 9.69. The molecular formula is C16H18N2OS. The Morgan fingerprint density at radius 2 is 2.20 bits per heavy atom. The highest BCUT2D eigenvalue weighted by molar-refractivity contribution is 7.71. The van der Waals surface area contributed by atoms with E-state index in [0.29, 0.717) is 17.2 Å². The summed E-state index contributed by atoms with van der Waals surface area (Å²) in [5.41, 5.74) is 3.19. The minimum absolute atomic E-state index is 0.561. The molecule has 0 saturated heterocycles. The highest BCUT2D eigenvalue weighted by Crippen LogP contribution is 2.39. The predicted molar refractivity (Wildman–Crippen MR) is 82.7 cm³/mol. The van der Waals surface area contributed by atoms with Gasteiger partial charge in [0, 0.05) is 17.0 Å². The molecule has 1 aromatic heterocycles. The topological polar surface area (TPSA) is 37.9 Å². The quantitative estimate of drug-likeness (QED) is 0.847. The third kappa shape index (κ3) is 2.61. The van der Waals surface area contributed by atoms with Gasteiger partial charge in [0.1, 0.15) is 16.2 Å². The van der Waals surface area contributed by atoms with Crippen LogP contribution in [0.3, 0.4) is 0 Å². The van der Waals surface area contributed by atoms with Crippen LogP contribution in [-0.4, -0.2) is 16.6 Å². The lowest BCUT2D eigenvalue weighted by Crippen LogP contribution is -1.99. The lowest BCUT2D eigenvalue weighted by Gasteiger charge is -2.11. The molecule has 0 radical (unpaired) electrons. The molecule has 1 aromatic carbocycles. The second-order valence-electron chi connectivity index (χ2n) is 5.16. The molecule has 20 heavy (non-hydrogen) atoms. The molecule has 0 spiro atoms. The van der Waals surface area contributed by atoms with E-state index in [1.807, 2.05) is 32.0 Å². The van der Waals surface area contributed by atoms with E-state index in [2.05, 4.69) is 16.0 Å². The molecule has 1 aliphatic carbocycles. The minimum atomic E-state index is 0.561. The number of nitrogens with zero attached hydrogens (tertiary/aromatic N) is 1. The van der Waals surface area contributed by atoms with Crippen molar-refractivity contribution >= 4 is 12.2 Å². The standard InChI is InChI=1S/C16H18N2OS/c1-3-19-13-6-4-5-12(9-13)14-10(2)16(20)18-15(17-14)11-7-8-11/h4-6,9,11H,3,7-8H2,1-2H3,(H,17,18,20). The summed E-state index contributed by atoms with van der Waals surface area (Å²) in [5, 5.41) is 0. The molecule has 0 bridgehead atoms. The Balaban J connectivity index is 2.08. The second kappa shape index (κ2) is 5.37. The Labute approximate surface area is 124 Å². The van der Waals surface area contributed by atoms with Crippen LogP contribution >= 0.6 is 12.2 Å². The van der Waals surface area contributed by atoms with Crippen LogP contribution in [0, 0.1) is 11.6 Å². The Kier molecular flexibility index (Phi) is 3.57. The fraction of sp³-hybridized carbons (Fsp3) is 0.375. The summed E-state index contributed by atoms with van der Waals surface area (Å²) in [5.74, 6) is 2.47. The van der Waals surface area contributed by atoms with Gasteiger partial charge < -0.3 is 9.72 Å². The zero-order chi connectivity index (χ0) is 14.1. The zero-order valence-corrected chi connectivity index (χ0v) is 12.6. The van der Waals surface area contributed by atoms with Crippen molar-refractivity contribution in [1.29, 1.82) is 0 Å². The predicted octanol–water partition coefficient (Wildman–Crippen LogP) is 4.39. The summed E-state index contributed by atoms with van der Waals surface area (Å²) in [6.45, 7) is 4.68. The van der Waals surface area contributed by atoms with Gasteiger partial charge in [0.15, 0.2) is 0 Å². The van der Waals surface area contributed by atoms with Gasteiger partial charge in [-0.15, -0.1) is 0 Å². The summed E-state index contributed by atoms with van der Waals surface area (Å²) in [6.07, 6.45) is 2.42. The molecule has 2 aromatic rings. The fourth-order valence-corrected chi connectivity index (χ4v) is 2.50. The van der Waals surface area contributed by atoms with Crippen molar-refractivity contribution in [1.82, 2.24) is 9.97 Å². The highest BCUT2D eigenvalue weighted by Gasteiger charge is 2.26. The smallest absolute Gasteiger partial charge is 0.133 e. The molecule has 1 fully saturated rings. The van der Waals surface area contributed by atoms with E-state index in [-0.39, 0.29) is 0 Å². The lowest BCUT2D eigenvalue weighted by atomic mass is 10.1. The summed E-state index contributed by atoms with van der Waals surface area (Å²) in [7, 11) is 0. The van der Waals surface area contributed by atoms with E-state index >= 15 is 0 Å². The average Bonchev–Trinajstić information content (AvgIpc) is 3.27. The van der Waals surface area contributed by atoms with Crippen molar-refractivity contribution in [3.05, 3.63) is 40.3 Å². The van der Waals surface area contributed by atoms with Crippen molar-refractivity contribution in [3.63, 3.8) is 0 Å². The SMILES string of the molecule is CCOc1cccc(-c2[nH]c(C3CC3)nc(=S)c2C)c1. The molecule has 0 amide bonds. The van der Waals surface area contributed by atoms with E-state index in [0.717, 1.165) is 28.4 Å². The van der Waals surface area contributed by atoms with Crippen molar-refractivity contribution in [3.8, 4) is 17.0 Å². The summed E-state index contributed by atoms with van der Waals surface area (Å²) >= 11 is 5.40. The molecule has 1 N–H and O–H groups in total. The minimum Gasteiger partial charge on any atom is -0.494 e. The molecule has 0 unspecified atom stereocenters. The van der Waals surface area contributed by atoms with Gasteiger partial charge in [-0.05, 0) is 38.8 Å². The summed E-state index contributed by atoms with van der Waals surface area (Å²) < 4.78 is 6.27. The van der Waals surface area contributed by atoms with Crippen molar-refractivity contribution < 1.29 is 4.74 Å². The van der Waals surface area contributed by atoms with Gasteiger partial charge in [-0.25, -0.2) is 4.98 Å². The van der Waals surface area contributed by atoms with Gasteiger partial charge in [-0.2, -0.15) is 0 Å². The third-order valence-corrected chi connectivity index (χ3v) is 3.97. The first-order valence-corrected chi connectivity index (χ1v) is 7.44. The number of ether oxygens (including phenoxy) is 1. The van der Waals surface area contributed by atoms with Gasteiger partial charge in [-0.1, -0.05) is 24.4 Å². The normalized spacial score (nSPS) is 14.3. The number of nitrogens with one attached hydrogen (secondary N) is 1. The maximum Gasteiger partial charge on any atom is 0.133 e. The maximum atomic E-state index is 5.57. The van der Waals surface area contributed by atoms with E-state index in [1.54, 1.807) is 0 Å². The Bertz CT molecular complexity index is 689. The Morgan fingerprint density at radius 3 is 2.90 bits per heavy atom. The number of benzene rings is 1. The van der Waals surface area contributed by atoms with Crippen molar-refractivity contribution in [2.75, 3.05) is 6.61 Å². The zero-order valence-electron chi connectivity index (χ0n) is 11.8. The number of aromatic amines is 1. The molecule has 0 aliphatic heterocycles. The second-order valence-corrected chi connectivity index (χ2v) is 5.55. The van der Waals surface area contributed by atoms with Crippen LogP contribution in [0.4, 0.5) is 0 Å². The first-order valence-electron chi connectivity index (χ1n) is 7.03. The van der Waals surface area contributed by atoms with E-state index in [1.165, 1.54) is 12.8 Å². The molecule has 4 heteroatoms. The van der Waals surface area contributed by atoms with Crippen LogP contribution in [0.15, 0.2) is 24.3 Å². The van der Waals surface area contributed by atoms with Crippen LogP contribution in [0.5, 0.6) is 5.75 Å². The first kappa shape index (κ1) is 13.3. The average molecular weight is 286 g/mol. The largest absolute Gasteiger partial charge is 0.494 e. The van der Waals surface area contributed by atoms with Gasteiger partial charge in [0.25, 0.3) is 0 Å². The molecule has 1 aliphatic rings. The molecule has 1 saturated carbocycles. The van der Waals surface area contributed by atoms with Crippen molar-refractivity contribution in [2.24, 2.45) is 0 Å². The molecule has 104 valence electrons. The number of rotatable bonds is 4. The summed E-state index contributed by atoms with van der Waals surface area (Å²) in [4.78, 5) is 7.98. The van der Waals surface area contributed by atoms with Crippen LogP contribution in [0.1, 0.15) is 37.1 Å². The third-order valence-electron chi connectivity index (χ3n) is 3.57. The van der Waals surface area contributed by atoms with Gasteiger partial charge >= 0.3 is 0 Å². The number of aromatic nitrogens is 2. The Morgan fingerprint density at radius 1 is 1.40 bits per heavy atom. The molecule has 3 rings (SSSR count). The van der Waals surface area contributed by atoms with Crippen LogP contribution in [-0.2, 0) is 0 Å². The van der Waals surface area contributed by atoms with E-state index < -0.39 is 0 Å². The molecule has 0 atom stereocenters. The van der Waals surface area contributed by atoms with Crippen LogP contribution in [0.25, 0.3) is 11.3 Å². The lowest BCUT2D eigenvalue weighted by molar-refractivity contribution is 0.340. The Hall–Kier alpha value is -1.68. The monoisotopic (exact) mass is 286 g/mol. The van der Waals surface area contributed by atoms with Gasteiger partial charge in [0.05, 0.1) is 12.3 Å². The van der Waals surface area contributed by atoms with Crippen molar-refractivity contribution in [2.45, 2.75) is 32.6 Å². The fourth-order valence-electron chi connectivity index (χ4n) is 2.30. The van der Waals surface area contributed by atoms with Gasteiger partial charge in [0.2, 0.25) is 0 Å². The number of hydrogen-bond donors (Lipinski definition) is 1. The van der Waals surface area contributed by atoms with E-state index in [4.69, 9.17) is 17.0 Å². The summed E-state index contributed by atoms with van der Waals surface area (Å²) in [6, 6.07) is 8.11. The highest BCUT2D eigenvalue weighted by atomic mass is 32.1.